The number of hydrogen-bond donors (Lipinski definition) is 1. The standard InChI is InChI=1S/C12H26N2/c1-9(2)13-8-12-7-6-11(5)14(12)10(3)4/h9-13H,6-8H2,1-5H3/t11-,12-/m0/s1. The summed E-state index contributed by atoms with van der Waals surface area (Å²) in [6.45, 7) is 12.6. The smallest absolute Gasteiger partial charge is 0.0226 e. The zero-order valence-corrected chi connectivity index (χ0v) is 10.4. The van der Waals surface area contributed by atoms with Crippen LogP contribution in [0.15, 0.2) is 0 Å². The molecule has 0 aliphatic carbocycles. The number of nitrogens with zero attached hydrogens (tertiary/aromatic N) is 1. The molecule has 0 spiro atoms. The Morgan fingerprint density at radius 3 is 2.36 bits per heavy atom. The van der Waals surface area contributed by atoms with Crippen molar-refractivity contribution in [2.24, 2.45) is 0 Å². The molecule has 1 fully saturated rings. The van der Waals surface area contributed by atoms with Crippen molar-refractivity contribution in [2.75, 3.05) is 6.54 Å². The maximum Gasteiger partial charge on any atom is 0.0226 e. The van der Waals surface area contributed by atoms with Crippen LogP contribution in [0, 0.1) is 0 Å². The summed E-state index contributed by atoms with van der Waals surface area (Å²) in [5.74, 6) is 0. The highest BCUT2D eigenvalue weighted by Gasteiger charge is 2.31. The van der Waals surface area contributed by atoms with E-state index in [-0.39, 0.29) is 0 Å². The second kappa shape index (κ2) is 5.13. The Morgan fingerprint density at radius 2 is 1.86 bits per heavy atom. The van der Waals surface area contributed by atoms with E-state index in [1.54, 1.807) is 0 Å². The third-order valence-electron chi connectivity index (χ3n) is 3.21. The number of rotatable bonds is 4. The normalized spacial score (nSPS) is 29.4. The predicted octanol–water partition coefficient (Wildman–Crippen LogP) is 2.25. The minimum absolute atomic E-state index is 0.611. The fraction of sp³-hybridized carbons (Fsp3) is 1.00. The molecular weight excluding hydrogens is 172 g/mol. The molecule has 1 rings (SSSR count). The lowest BCUT2D eigenvalue weighted by molar-refractivity contribution is 0.153. The van der Waals surface area contributed by atoms with Gasteiger partial charge in [-0.1, -0.05) is 13.8 Å². The van der Waals surface area contributed by atoms with Gasteiger partial charge in [-0.3, -0.25) is 4.90 Å². The molecule has 0 unspecified atom stereocenters. The first kappa shape index (κ1) is 12.0. The molecule has 84 valence electrons. The quantitative estimate of drug-likeness (QED) is 0.745. The van der Waals surface area contributed by atoms with Crippen LogP contribution in [-0.2, 0) is 0 Å². The SMILES string of the molecule is CC(C)NC[C@@H]1CC[C@H](C)N1C(C)C. The third-order valence-corrected chi connectivity index (χ3v) is 3.21. The van der Waals surface area contributed by atoms with Crippen molar-refractivity contribution < 1.29 is 0 Å². The van der Waals surface area contributed by atoms with Crippen molar-refractivity contribution >= 4 is 0 Å². The molecular formula is C12H26N2. The van der Waals surface area contributed by atoms with Crippen LogP contribution in [0.4, 0.5) is 0 Å². The summed E-state index contributed by atoms with van der Waals surface area (Å²) in [6.07, 6.45) is 2.72. The van der Waals surface area contributed by atoms with Gasteiger partial charge in [0.2, 0.25) is 0 Å². The van der Waals surface area contributed by atoms with E-state index in [0.717, 1.165) is 18.6 Å². The van der Waals surface area contributed by atoms with Gasteiger partial charge >= 0.3 is 0 Å². The largest absolute Gasteiger partial charge is 0.313 e. The van der Waals surface area contributed by atoms with Gasteiger partial charge in [-0.2, -0.15) is 0 Å². The van der Waals surface area contributed by atoms with Gasteiger partial charge in [0.1, 0.15) is 0 Å². The van der Waals surface area contributed by atoms with Crippen LogP contribution in [0.1, 0.15) is 47.5 Å². The molecule has 2 heteroatoms. The lowest BCUT2D eigenvalue weighted by Gasteiger charge is -2.32. The second-order valence-electron chi connectivity index (χ2n) is 5.18. The van der Waals surface area contributed by atoms with Crippen molar-refractivity contribution in [1.29, 1.82) is 0 Å². The summed E-state index contributed by atoms with van der Waals surface area (Å²) < 4.78 is 0. The first-order valence-electron chi connectivity index (χ1n) is 6.03. The highest BCUT2D eigenvalue weighted by atomic mass is 15.2. The van der Waals surface area contributed by atoms with Crippen LogP contribution in [0.2, 0.25) is 0 Å². The van der Waals surface area contributed by atoms with Crippen molar-refractivity contribution in [3.8, 4) is 0 Å². The van der Waals surface area contributed by atoms with Crippen LogP contribution in [-0.4, -0.2) is 35.6 Å². The maximum atomic E-state index is 3.55. The van der Waals surface area contributed by atoms with E-state index in [4.69, 9.17) is 0 Å². The molecule has 0 bridgehead atoms. The highest BCUT2D eigenvalue weighted by molar-refractivity contribution is 4.88. The van der Waals surface area contributed by atoms with E-state index >= 15 is 0 Å². The average molecular weight is 198 g/mol. The molecule has 1 aliphatic rings. The molecule has 0 radical (unpaired) electrons. The molecule has 1 N–H and O–H groups in total. The monoisotopic (exact) mass is 198 g/mol. The Bertz CT molecular complexity index is 166. The summed E-state index contributed by atoms with van der Waals surface area (Å²) >= 11 is 0. The Balaban J connectivity index is 2.43. The minimum Gasteiger partial charge on any atom is -0.313 e. The molecule has 1 saturated heterocycles. The van der Waals surface area contributed by atoms with Gasteiger partial charge in [0.15, 0.2) is 0 Å². The van der Waals surface area contributed by atoms with E-state index in [1.807, 2.05) is 0 Å². The second-order valence-corrected chi connectivity index (χ2v) is 5.18. The number of likely N-dealkylation sites (tertiary alicyclic amines) is 1. The van der Waals surface area contributed by atoms with Crippen molar-refractivity contribution in [3.63, 3.8) is 0 Å². The van der Waals surface area contributed by atoms with Crippen LogP contribution in [0.25, 0.3) is 0 Å². The molecule has 0 amide bonds. The van der Waals surface area contributed by atoms with Gasteiger partial charge in [0.25, 0.3) is 0 Å². The van der Waals surface area contributed by atoms with E-state index < -0.39 is 0 Å². The molecule has 1 aliphatic heterocycles. The summed E-state index contributed by atoms with van der Waals surface area (Å²) in [5, 5.41) is 3.55. The van der Waals surface area contributed by atoms with E-state index in [2.05, 4.69) is 44.8 Å². The van der Waals surface area contributed by atoms with E-state index in [0.29, 0.717) is 12.1 Å². The minimum atomic E-state index is 0.611. The maximum absolute atomic E-state index is 3.55. The fourth-order valence-corrected chi connectivity index (χ4v) is 2.60. The Labute approximate surface area is 89.1 Å². The van der Waals surface area contributed by atoms with Crippen LogP contribution in [0.3, 0.4) is 0 Å². The summed E-state index contributed by atoms with van der Waals surface area (Å²) in [5.41, 5.74) is 0. The van der Waals surface area contributed by atoms with Gasteiger partial charge in [0, 0.05) is 30.7 Å². The van der Waals surface area contributed by atoms with Gasteiger partial charge in [-0.15, -0.1) is 0 Å². The van der Waals surface area contributed by atoms with E-state index in [1.165, 1.54) is 12.8 Å². The Kier molecular flexibility index (Phi) is 4.39. The van der Waals surface area contributed by atoms with Gasteiger partial charge in [-0.05, 0) is 33.6 Å². The first-order chi connectivity index (χ1) is 6.52. The topological polar surface area (TPSA) is 15.3 Å². The lowest BCUT2D eigenvalue weighted by atomic mass is 10.2. The summed E-state index contributed by atoms with van der Waals surface area (Å²) in [6, 6.07) is 2.83. The van der Waals surface area contributed by atoms with Gasteiger partial charge in [-0.25, -0.2) is 0 Å². The molecule has 0 aromatic carbocycles. The first-order valence-corrected chi connectivity index (χ1v) is 6.03. The average Bonchev–Trinajstić information content (AvgIpc) is 2.43. The third kappa shape index (κ3) is 2.96. The van der Waals surface area contributed by atoms with Crippen LogP contribution in [0.5, 0.6) is 0 Å². The zero-order chi connectivity index (χ0) is 10.7. The molecule has 14 heavy (non-hydrogen) atoms. The molecule has 0 aromatic rings. The van der Waals surface area contributed by atoms with Crippen molar-refractivity contribution in [3.05, 3.63) is 0 Å². The Morgan fingerprint density at radius 1 is 1.21 bits per heavy atom. The summed E-state index contributed by atoms with van der Waals surface area (Å²) in [4.78, 5) is 2.66. The van der Waals surface area contributed by atoms with E-state index in [9.17, 15) is 0 Å². The highest BCUT2D eigenvalue weighted by Crippen LogP contribution is 2.25. The van der Waals surface area contributed by atoms with Crippen molar-refractivity contribution in [2.45, 2.75) is 71.6 Å². The van der Waals surface area contributed by atoms with Gasteiger partial charge < -0.3 is 5.32 Å². The molecule has 1 heterocycles. The fourth-order valence-electron chi connectivity index (χ4n) is 2.60. The molecule has 2 nitrogen and oxygen atoms in total. The summed E-state index contributed by atoms with van der Waals surface area (Å²) in [7, 11) is 0. The molecule has 0 aromatic heterocycles. The number of hydrogen-bond acceptors (Lipinski definition) is 2. The van der Waals surface area contributed by atoms with Crippen molar-refractivity contribution in [1.82, 2.24) is 10.2 Å². The molecule has 0 saturated carbocycles. The number of nitrogens with one attached hydrogen (secondary N) is 1. The zero-order valence-electron chi connectivity index (χ0n) is 10.4. The molecule has 2 atom stereocenters. The van der Waals surface area contributed by atoms with Crippen LogP contribution < -0.4 is 5.32 Å². The van der Waals surface area contributed by atoms with Crippen LogP contribution >= 0.6 is 0 Å². The van der Waals surface area contributed by atoms with Gasteiger partial charge in [0.05, 0.1) is 0 Å². The lowest BCUT2D eigenvalue weighted by Crippen LogP contribution is -2.45. The predicted molar refractivity (Wildman–Crippen MR) is 62.6 cm³/mol. The Hall–Kier alpha value is -0.0800.